The zero-order valence-corrected chi connectivity index (χ0v) is 8.34. The van der Waals surface area contributed by atoms with Crippen LogP contribution in [0.4, 0.5) is 14.1 Å². The molecule has 0 unspecified atom stereocenters. The summed E-state index contributed by atoms with van der Waals surface area (Å²) in [5.74, 6) is 0. The van der Waals surface area contributed by atoms with Gasteiger partial charge in [0.1, 0.15) is 0 Å². The lowest BCUT2D eigenvalue weighted by atomic mass is 10.2. The molecule has 0 atom stereocenters. The van der Waals surface area contributed by atoms with Crippen LogP contribution in [-0.4, -0.2) is 27.4 Å². The molecule has 1 nitrogen and oxygen atoms in total. The molecule has 0 bridgehead atoms. The molecule has 0 amide bonds. The lowest BCUT2D eigenvalue weighted by molar-refractivity contribution is 0.402. The molecule has 0 aliphatic rings. The maximum absolute atomic E-state index is 2.16. The summed E-state index contributed by atoms with van der Waals surface area (Å²) in [4.78, 5) is 2.16. The van der Waals surface area contributed by atoms with Crippen molar-refractivity contribution in [3.8, 4) is 0 Å². The van der Waals surface area contributed by atoms with Gasteiger partial charge in [-0.25, -0.2) is 0 Å². The Morgan fingerprint density at radius 1 is 0.929 bits per heavy atom. The van der Waals surface area contributed by atoms with Crippen molar-refractivity contribution in [2.24, 2.45) is 0 Å². The van der Waals surface area contributed by atoms with Gasteiger partial charge in [0.15, 0.2) is 0 Å². The van der Waals surface area contributed by atoms with Crippen molar-refractivity contribution in [3.63, 3.8) is 0 Å². The van der Waals surface area contributed by atoms with Crippen LogP contribution in [0.5, 0.6) is 0 Å². The average molecular weight is 206 g/mol. The maximum atomic E-state index is 2.16. The highest BCUT2D eigenvalue weighted by molar-refractivity contribution is 5.75. The predicted molar refractivity (Wildman–Crippen MR) is 57.1 cm³/mol. The Balaban J connectivity index is -0.000000125. The number of benzene rings is 1. The topological polar surface area (TPSA) is 3.24 Å². The Labute approximate surface area is 84.8 Å². The molecule has 1 aromatic carbocycles. The summed E-state index contributed by atoms with van der Waals surface area (Å²) in [5, 5.41) is 0. The van der Waals surface area contributed by atoms with Gasteiger partial charge in [-0.15, -0.1) is 0 Å². The van der Waals surface area contributed by atoms with E-state index in [0.717, 1.165) is 6.54 Å². The third-order valence-electron chi connectivity index (χ3n) is 1.34. The second-order valence-corrected chi connectivity index (χ2v) is 2.72. The van der Waals surface area contributed by atoms with Gasteiger partial charge in [-0.3, -0.25) is 14.1 Å². The van der Waals surface area contributed by atoms with Crippen molar-refractivity contribution in [2.45, 2.75) is 6.54 Å². The van der Waals surface area contributed by atoms with E-state index in [4.69, 9.17) is 0 Å². The third kappa shape index (κ3) is 9.13. The monoisotopic (exact) mass is 206 g/mol. The third-order valence-corrected chi connectivity index (χ3v) is 1.34. The van der Waals surface area contributed by atoms with E-state index in [2.05, 4.69) is 43.3 Å². The van der Waals surface area contributed by atoms with Crippen molar-refractivity contribution >= 4 is 8.41 Å². The van der Waals surface area contributed by atoms with E-state index in [1.54, 1.807) is 0 Å². The molecule has 1 aromatic rings. The Morgan fingerprint density at radius 2 is 1.36 bits per heavy atom. The first kappa shape index (κ1) is 23.1. The van der Waals surface area contributed by atoms with Crippen LogP contribution in [0.25, 0.3) is 0 Å². The first-order valence-electron chi connectivity index (χ1n) is 3.47. The molecule has 0 N–H and O–H groups in total. The molecule has 81 valence electrons. The summed E-state index contributed by atoms with van der Waals surface area (Å²) in [6, 6.07) is 10.5. The van der Waals surface area contributed by atoms with Crippen LogP contribution in [0.2, 0.25) is 0 Å². The predicted octanol–water partition coefficient (Wildman–Crippen LogP) is 1.82. The molecule has 3 radical (unpaired) electrons. The molecule has 0 heterocycles. The van der Waals surface area contributed by atoms with Gasteiger partial charge < -0.3 is 4.90 Å². The zero-order valence-electron chi connectivity index (χ0n) is 8.34. The second kappa shape index (κ2) is 12.0. The lowest BCUT2D eigenvalue weighted by Crippen LogP contribution is -2.10. The van der Waals surface area contributed by atoms with Crippen molar-refractivity contribution in [1.29, 1.82) is 0 Å². The second-order valence-electron chi connectivity index (χ2n) is 2.72. The highest BCUT2D eigenvalue weighted by Gasteiger charge is 1.90. The van der Waals surface area contributed by atoms with Gasteiger partial charge in [0.05, 0.1) is 0 Å². The molecule has 0 saturated carbocycles. The maximum Gasteiger partial charge on any atom is 0.0227 e. The van der Waals surface area contributed by atoms with Crippen LogP contribution >= 0.6 is 0 Å². The fourth-order valence-corrected chi connectivity index (χ4v) is 0.949. The highest BCUT2D eigenvalue weighted by atomic mass is 19.0. The van der Waals surface area contributed by atoms with E-state index >= 15 is 0 Å². The van der Waals surface area contributed by atoms with Gasteiger partial charge in [-0.05, 0) is 19.7 Å². The minimum absolute atomic E-state index is 0. The van der Waals surface area contributed by atoms with Gasteiger partial charge in [-0.1, -0.05) is 30.3 Å². The molecule has 0 aromatic heterocycles. The first-order valence-corrected chi connectivity index (χ1v) is 3.47. The van der Waals surface area contributed by atoms with Crippen molar-refractivity contribution < 1.29 is 14.1 Å². The van der Waals surface area contributed by atoms with E-state index in [-0.39, 0.29) is 22.5 Å². The lowest BCUT2D eigenvalue weighted by Gasteiger charge is -2.08. The quantitative estimate of drug-likeness (QED) is 0.667. The molecular formula is C9H16BF3N. The summed E-state index contributed by atoms with van der Waals surface area (Å²) in [5.41, 5.74) is 1.37. The fraction of sp³-hybridized carbons (Fsp3) is 0.333. The summed E-state index contributed by atoms with van der Waals surface area (Å²) < 4.78 is 0. The summed E-state index contributed by atoms with van der Waals surface area (Å²) in [6.45, 7) is 1.03. The Morgan fingerprint density at radius 3 is 1.71 bits per heavy atom. The number of halogens is 3. The summed E-state index contributed by atoms with van der Waals surface area (Å²) in [6.07, 6.45) is 0. The molecule has 1 rings (SSSR count). The van der Waals surface area contributed by atoms with Gasteiger partial charge in [0.2, 0.25) is 0 Å². The normalized spacial score (nSPS) is 7.36. The van der Waals surface area contributed by atoms with Gasteiger partial charge in [-0.2, -0.15) is 0 Å². The Bertz CT molecular complexity index is 195. The fourth-order valence-electron chi connectivity index (χ4n) is 0.949. The Hall–Kier alpha value is -0.965. The zero-order chi connectivity index (χ0) is 7.40. The van der Waals surface area contributed by atoms with E-state index < -0.39 is 0 Å². The highest BCUT2D eigenvalue weighted by Crippen LogP contribution is 1.99. The van der Waals surface area contributed by atoms with Crippen LogP contribution in [0.3, 0.4) is 0 Å². The standard InChI is InChI=1S/C9H13N.B.3FH/c1-10(2)8-9-6-4-3-5-7-9;;;;/h3-7H,8H2,1-2H3;;3*1H. The number of hydrogen-bond acceptors (Lipinski definition) is 1. The van der Waals surface area contributed by atoms with Crippen molar-refractivity contribution in [3.05, 3.63) is 35.9 Å². The molecule has 5 heteroatoms. The molecule has 14 heavy (non-hydrogen) atoms. The molecule has 0 spiro atoms. The van der Waals surface area contributed by atoms with E-state index in [1.807, 2.05) is 6.07 Å². The van der Waals surface area contributed by atoms with Gasteiger partial charge in [0.25, 0.3) is 0 Å². The van der Waals surface area contributed by atoms with Gasteiger partial charge >= 0.3 is 0 Å². The largest absolute Gasteiger partial charge is 0.305 e. The minimum Gasteiger partial charge on any atom is -0.305 e. The van der Waals surface area contributed by atoms with Crippen LogP contribution in [-0.2, 0) is 6.54 Å². The molecular weight excluding hydrogens is 190 g/mol. The molecule has 0 fully saturated rings. The number of nitrogens with zero attached hydrogens (tertiary/aromatic N) is 1. The van der Waals surface area contributed by atoms with Crippen LogP contribution in [0.1, 0.15) is 5.56 Å². The first-order chi connectivity index (χ1) is 4.79. The van der Waals surface area contributed by atoms with Gasteiger partial charge in [0, 0.05) is 15.0 Å². The summed E-state index contributed by atoms with van der Waals surface area (Å²) >= 11 is 0. The van der Waals surface area contributed by atoms with Crippen LogP contribution < -0.4 is 0 Å². The van der Waals surface area contributed by atoms with E-state index in [9.17, 15) is 0 Å². The van der Waals surface area contributed by atoms with Crippen LogP contribution in [0.15, 0.2) is 30.3 Å². The number of rotatable bonds is 2. The molecule has 0 aliphatic carbocycles. The van der Waals surface area contributed by atoms with Crippen LogP contribution in [0, 0.1) is 0 Å². The van der Waals surface area contributed by atoms with E-state index in [1.165, 1.54) is 5.56 Å². The smallest absolute Gasteiger partial charge is 0.0227 e. The summed E-state index contributed by atoms with van der Waals surface area (Å²) in [7, 11) is 4.15. The average Bonchev–Trinajstić information content (AvgIpc) is 1.88. The van der Waals surface area contributed by atoms with E-state index in [0.29, 0.717) is 0 Å². The SMILES string of the molecule is CN(C)Cc1ccccc1.F.F.F.[B]. The van der Waals surface area contributed by atoms with Crippen molar-refractivity contribution in [1.82, 2.24) is 4.90 Å². The number of hydrogen-bond donors (Lipinski definition) is 0. The van der Waals surface area contributed by atoms with Crippen molar-refractivity contribution in [2.75, 3.05) is 14.1 Å². The Kier molecular flexibility index (Phi) is 19.9. The molecule has 0 saturated heterocycles. The minimum atomic E-state index is 0. The molecule has 0 aliphatic heterocycles.